The Balaban J connectivity index is 0.00000147. The summed E-state index contributed by atoms with van der Waals surface area (Å²) >= 11 is 1.76. The molecule has 108 valence electrons. The summed E-state index contributed by atoms with van der Waals surface area (Å²) in [5.41, 5.74) is 2.11. The van der Waals surface area contributed by atoms with Gasteiger partial charge in [0.25, 0.3) is 0 Å². The maximum Gasteiger partial charge on any atom is 0.128 e. The van der Waals surface area contributed by atoms with Crippen molar-refractivity contribution >= 4 is 28.3 Å². The van der Waals surface area contributed by atoms with Gasteiger partial charge in [-0.1, -0.05) is 12.1 Å². The average molecular weight is 355 g/mol. The molecule has 0 spiro atoms. The number of halogens is 1. The van der Waals surface area contributed by atoms with Crippen LogP contribution in [0, 0.1) is 0 Å². The number of para-hydroxylation sites is 1. The van der Waals surface area contributed by atoms with Crippen molar-refractivity contribution < 1.29 is 4.74 Å². The number of methoxy groups -OCH3 is 1. The van der Waals surface area contributed by atoms with Gasteiger partial charge in [-0.05, 0) is 31.5 Å². The molecule has 0 radical (unpaired) electrons. The molecule has 0 amide bonds. The number of nitrogens with zero attached hydrogens (tertiary/aromatic N) is 1. The first kappa shape index (κ1) is 15.5. The second-order valence-electron chi connectivity index (χ2n) is 4.81. The number of ether oxygens (including phenoxy) is 1. The molecule has 3 rings (SSSR count). The highest BCUT2D eigenvalue weighted by atomic mass is 79.9. The first-order valence-corrected chi connectivity index (χ1v) is 7.56. The molecule has 2 heterocycles. The Hall–Kier alpha value is -0.910. The zero-order chi connectivity index (χ0) is 13.1. The third-order valence-corrected chi connectivity index (χ3v) is 4.56. The highest BCUT2D eigenvalue weighted by molar-refractivity contribution is 8.93. The van der Waals surface area contributed by atoms with Crippen molar-refractivity contribution in [1.29, 1.82) is 0 Å². The molecule has 1 atom stereocenters. The SMILES string of the molecule is Br.COc1ccccc1-c1csc(C2CCCNC2)n1. The average Bonchev–Trinajstić information content (AvgIpc) is 2.98. The molecular formula is C15H19BrN2OS. The van der Waals surface area contributed by atoms with Gasteiger partial charge in [-0.3, -0.25) is 0 Å². The first-order chi connectivity index (χ1) is 9.38. The van der Waals surface area contributed by atoms with Crippen molar-refractivity contribution in [3.05, 3.63) is 34.7 Å². The molecule has 1 N–H and O–H groups in total. The highest BCUT2D eigenvalue weighted by Crippen LogP contribution is 2.33. The fraction of sp³-hybridized carbons (Fsp3) is 0.400. The van der Waals surface area contributed by atoms with Crippen LogP contribution in [0.2, 0.25) is 0 Å². The quantitative estimate of drug-likeness (QED) is 0.908. The Morgan fingerprint density at radius 3 is 2.95 bits per heavy atom. The predicted molar refractivity (Wildman–Crippen MR) is 89.3 cm³/mol. The third-order valence-electron chi connectivity index (χ3n) is 3.55. The number of rotatable bonds is 3. The summed E-state index contributed by atoms with van der Waals surface area (Å²) in [6.45, 7) is 2.19. The van der Waals surface area contributed by atoms with E-state index in [0.29, 0.717) is 5.92 Å². The lowest BCUT2D eigenvalue weighted by Gasteiger charge is -2.20. The van der Waals surface area contributed by atoms with Gasteiger partial charge in [0.05, 0.1) is 17.8 Å². The lowest BCUT2D eigenvalue weighted by Crippen LogP contribution is -2.28. The van der Waals surface area contributed by atoms with E-state index in [9.17, 15) is 0 Å². The Morgan fingerprint density at radius 2 is 2.20 bits per heavy atom. The van der Waals surface area contributed by atoms with Gasteiger partial charge < -0.3 is 10.1 Å². The molecule has 1 fully saturated rings. The second-order valence-corrected chi connectivity index (χ2v) is 5.70. The minimum atomic E-state index is 0. The van der Waals surface area contributed by atoms with E-state index in [1.54, 1.807) is 18.4 Å². The lowest BCUT2D eigenvalue weighted by molar-refractivity contribution is 0.416. The van der Waals surface area contributed by atoms with Gasteiger partial charge in [-0.25, -0.2) is 4.98 Å². The number of piperidine rings is 1. The topological polar surface area (TPSA) is 34.1 Å². The summed E-state index contributed by atoms with van der Waals surface area (Å²) in [6, 6.07) is 8.06. The second kappa shape index (κ2) is 7.20. The molecule has 1 aromatic carbocycles. The van der Waals surface area contributed by atoms with Crippen LogP contribution >= 0.6 is 28.3 Å². The molecular weight excluding hydrogens is 336 g/mol. The van der Waals surface area contributed by atoms with Gasteiger partial charge in [0, 0.05) is 23.4 Å². The zero-order valence-electron chi connectivity index (χ0n) is 11.5. The van der Waals surface area contributed by atoms with E-state index < -0.39 is 0 Å². The van der Waals surface area contributed by atoms with E-state index in [0.717, 1.165) is 30.1 Å². The van der Waals surface area contributed by atoms with Crippen molar-refractivity contribution in [3.8, 4) is 17.0 Å². The number of thiazole rings is 1. The molecule has 0 aliphatic carbocycles. The monoisotopic (exact) mass is 354 g/mol. The van der Waals surface area contributed by atoms with Gasteiger partial charge in [0.2, 0.25) is 0 Å². The number of benzene rings is 1. The van der Waals surface area contributed by atoms with Crippen LogP contribution in [0.4, 0.5) is 0 Å². The minimum absolute atomic E-state index is 0. The lowest BCUT2D eigenvalue weighted by atomic mass is 10.0. The van der Waals surface area contributed by atoms with Crippen LogP contribution in [0.15, 0.2) is 29.6 Å². The predicted octanol–water partition coefficient (Wildman–Crippen LogP) is 3.86. The molecule has 20 heavy (non-hydrogen) atoms. The van der Waals surface area contributed by atoms with Crippen molar-refractivity contribution in [2.75, 3.05) is 20.2 Å². The van der Waals surface area contributed by atoms with Gasteiger partial charge in [0.15, 0.2) is 0 Å². The summed E-state index contributed by atoms with van der Waals surface area (Å²) in [7, 11) is 1.71. The Morgan fingerprint density at radius 1 is 1.35 bits per heavy atom. The largest absolute Gasteiger partial charge is 0.496 e. The van der Waals surface area contributed by atoms with Crippen LogP contribution in [0.5, 0.6) is 5.75 Å². The maximum absolute atomic E-state index is 5.41. The molecule has 0 bridgehead atoms. The van der Waals surface area contributed by atoms with Gasteiger partial charge in [0.1, 0.15) is 5.75 Å². The van der Waals surface area contributed by atoms with Crippen molar-refractivity contribution in [3.63, 3.8) is 0 Å². The normalized spacial score (nSPS) is 18.4. The Kier molecular flexibility index (Phi) is 5.57. The molecule has 5 heteroatoms. The van der Waals surface area contributed by atoms with Crippen LogP contribution in [0.1, 0.15) is 23.8 Å². The number of aromatic nitrogens is 1. The minimum Gasteiger partial charge on any atom is -0.496 e. The van der Waals surface area contributed by atoms with Crippen LogP contribution in [0.3, 0.4) is 0 Å². The smallest absolute Gasteiger partial charge is 0.128 e. The number of nitrogens with one attached hydrogen (secondary N) is 1. The van der Waals surface area contributed by atoms with Crippen molar-refractivity contribution in [2.45, 2.75) is 18.8 Å². The molecule has 3 nitrogen and oxygen atoms in total. The van der Waals surface area contributed by atoms with Crippen molar-refractivity contribution in [1.82, 2.24) is 10.3 Å². The van der Waals surface area contributed by atoms with Gasteiger partial charge in [-0.2, -0.15) is 0 Å². The van der Waals surface area contributed by atoms with Crippen LogP contribution in [0.25, 0.3) is 11.3 Å². The van der Waals surface area contributed by atoms with Gasteiger partial charge in [-0.15, -0.1) is 28.3 Å². The summed E-state index contributed by atoms with van der Waals surface area (Å²) in [5, 5.41) is 6.83. The Labute approximate surface area is 134 Å². The Bertz CT molecular complexity index is 552. The summed E-state index contributed by atoms with van der Waals surface area (Å²) in [6.07, 6.45) is 2.49. The first-order valence-electron chi connectivity index (χ1n) is 6.68. The van der Waals surface area contributed by atoms with E-state index in [4.69, 9.17) is 9.72 Å². The summed E-state index contributed by atoms with van der Waals surface area (Å²) in [4.78, 5) is 4.81. The van der Waals surface area contributed by atoms with Crippen molar-refractivity contribution in [2.24, 2.45) is 0 Å². The van der Waals surface area contributed by atoms with E-state index >= 15 is 0 Å². The van der Waals surface area contributed by atoms with Crippen LogP contribution in [-0.2, 0) is 0 Å². The highest BCUT2D eigenvalue weighted by Gasteiger charge is 2.19. The standard InChI is InChI=1S/C15H18N2OS.BrH/c1-18-14-7-3-2-6-12(14)13-10-19-15(17-13)11-5-4-8-16-9-11;/h2-3,6-7,10-11,16H,4-5,8-9H2,1H3;1H. The number of hydrogen-bond acceptors (Lipinski definition) is 4. The third kappa shape index (κ3) is 3.22. The molecule has 1 aliphatic rings. The van der Waals surface area contributed by atoms with E-state index in [1.165, 1.54) is 17.8 Å². The summed E-state index contributed by atoms with van der Waals surface area (Å²) in [5.74, 6) is 1.46. The fourth-order valence-corrected chi connectivity index (χ4v) is 3.47. The summed E-state index contributed by atoms with van der Waals surface area (Å²) < 4.78 is 5.41. The molecule has 0 saturated carbocycles. The molecule has 1 aromatic heterocycles. The molecule has 1 aliphatic heterocycles. The zero-order valence-corrected chi connectivity index (χ0v) is 14.0. The van der Waals surface area contributed by atoms with E-state index in [2.05, 4.69) is 16.8 Å². The van der Waals surface area contributed by atoms with Crippen LogP contribution in [-0.4, -0.2) is 25.2 Å². The molecule has 2 aromatic rings. The van der Waals surface area contributed by atoms with E-state index in [1.807, 2.05) is 18.2 Å². The maximum atomic E-state index is 5.41. The van der Waals surface area contributed by atoms with Gasteiger partial charge >= 0.3 is 0 Å². The van der Waals surface area contributed by atoms with Crippen LogP contribution < -0.4 is 10.1 Å². The van der Waals surface area contributed by atoms with E-state index in [-0.39, 0.29) is 17.0 Å². The molecule has 1 unspecified atom stereocenters. The number of hydrogen-bond donors (Lipinski definition) is 1. The molecule has 1 saturated heterocycles. The fourth-order valence-electron chi connectivity index (χ4n) is 2.52.